The van der Waals surface area contributed by atoms with Gasteiger partial charge in [-0.3, -0.25) is 9.59 Å². The number of carbonyl (C=O) groups excluding carboxylic acids is 2. The van der Waals surface area contributed by atoms with Crippen LogP contribution in [-0.4, -0.2) is 11.9 Å². The monoisotopic (exact) mass is 192 g/mol. The van der Waals surface area contributed by atoms with Crippen LogP contribution in [0, 0.1) is 0 Å². The number of benzene rings is 1. The summed E-state index contributed by atoms with van der Waals surface area (Å²) in [6, 6.07) is 4.86. The molecule has 4 heteroatoms. The van der Waals surface area contributed by atoms with Gasteiger partial charge in [0.2, 0.25) is 0 Å². The Kier molecular flexibility index (Phi) is 1.96. The molecule has 0 saturated heterocycles. The summed E-state index contributed by atoms with van der Waals surface area (Å²) in [5, 5.41) is 0. The molecule has 0 amide bonds. The fourth-order valence-corrected chi connectivity index (χ4v) is 1.34. The van der Waals surface area contributed by atoms with E-state index in [1.54, 1.807) is 18.2 Å². The van der Waals surface area contributed by atoms with Crippen LogP contribution in [0.5, 0.6) is 11.5 Å². The first-order valence-electron chi connectivity index (χ1n) is 4.17. The van der Waals surface area contributed by atoms with Crippen molar-refractivity contribution in [3.8, 4) is 11.5 Å². The van der Waals surface area contributed by atoms with Crippen molar-refractivity contribution in [2.75, 3.05) is 0 Å². The van der Waals surface area contributed by atoms with Gasteiger partial charge in [-0.05, 0) is 18.2 Å². The van der Waals surface area contributed by atoms with E-state index in [0.29, 0.717) is 11.5 Å². The van der Waals surface area contributed by atoms with Crippen molar-refractivity contribution in [2.24, 2.45) is 0 Å². The number of carbonyl (C=O) groups is 2. The molecule has 1 aliphatic heterocycles. The molecule has 72 valence electrons. The average molecular weight is 192 g/mol. The third kappa shape index (κ3) is 1.59. The molecule has 2 rings (SSSR count). The normalized spacial score (nSPS) is 13.4. The van der Waals surface area contributed by atoms with Crippen LogP contribution in [0.25, 0.3) is 0 Å². The largest absolute Gasteiger partial charge is 0.427 e. The number of hydrogen-bond donors (Lipinski definition) is 0. The highest BCUT2D eigenvalue weighted by molar-refractivity contribution is 5.81. The minimum atomic E-state index is -0.379. The first-order valence-corrected chi connectivity index (χ1v) is 4.17. The van der Waals surface area contributed by atoms with Gasteiger partial charge in [0.15, 0.2) is 0 Å². The lowest BCUT2D eigenvalue weighted by atomic mass is 10.1. The van der Waals surface area contributed by atoms with Crippen molar-refractivity contribution in [3.63, 3.8) is 0 Å². The number of fused-ring (bicyclic) bond motifs is 1. The van der Waals surface area contributed by atoms with E-state index >= 15 is 0 Å². The SMILES string of the molecule is CC(=O)Oc1ccc2c(c1)CC(=O)O2. The van der Waals surface area contributed by atoms with Gasteiger partial charge in [-0.15, -0.1) is 0 Å². The second kappa shape index (κ2) is 3.14. The van der Waals surface area contributed by atoms with E-state index in [-0.39, 0.29) is 18.4 Å². The van der Waals surface area contributed by atoms with Crippen molar-refractivity contribution < 1.29 is 19.1 Å². The lowest BCUT2D eigenvalue weighted by Crippen LogP contribution is -2.01. The Bertz CT molecular complexity index is 409. The van der Waals surface area contributed by atoms with Crippen LogP contribution in [0.15, 0.2) is 18.2 Å². The predicted octanol–water partition coefficient (Wildman–Crippen LogP) is 1.07. The minimum Gasteiger partial charge on any atom is -0.427 e. The van der Waals surface area contributed by atoms with Gasteiger partial charge in [0.1, 0.15) is 11.5 Å². The zero-order valence-electron chi connectivity index (χ0n) is 7.57. The molecule has 0 N–H and O–H groups in total. The quantitative estimate of drug-likeness (QED) is 0.493. The highest BCUT2D eigenvalue weighted by Crippen LogP contribution is 2.29. The lowest BCUT2D eigenvalue weighted by molar-refractivity contribution is -0.132. The van der Waals surface area contributed by atoms with Gasteiger partial charge >= 0.3 is 11.9 Å². The van der Waals surface area contributed by atoms with Gasteiger partial charge in [0.05, 0.1) is 6.42 Å². The Morgan fingerprint density at radius 2 is 2.29 bits per heavy atom. The maximum atomic E-state index is 10.9. The zero-order valence-corrected chi connectivity index (χ0v) is 7.57. The molecule has 1 heterocycles. The van der Waals surface area contributed by atoms with Gasteiger partial charge in [-0.25, -0.2) is 0 Å². The van der Waals surface area contributed by atoms with Crippen molar-refractivity contribution >= 4 is 11.9 Å². The Balaban J connectivity index is 2.28. The Labute approximate surface area is 80.4 Å². The van der Waals surface area contributed by atoms with Crippen molar-refractivity contribution in [1.29, 1.82) is 0 Å². The van der Waals surface area contributed by atoms with Crippen LogP contribution in [0.3, 0.4) is 0 Å². The number of hydrogen-bond acceptors (Lipinski definition) is 4. The lowest BCUT2D eigenvalue weighted by Gasteiger charge is -2.02. The predicted molar refractivity (Wildman–Crippen MR) is 47.1 cm³/mol. The summed E-state index contributed by atoms with van der Waals surface area (Å²) in [4.78, 5) is 21.6. The molecule has 1 aliphatic rings. The highest BCUT2D eigenvalue weighted by Gasteiger charge is 2.20. The maximum absolute atomic E-state index is 10.9. The third-order valence-corrected chi connectivity index (χ3v) is 1.85. The molecule has 0 saturated carbocycles. The molecule has 0 atom stereocenters. The van der Waals surface area contributed by atoms with Crippen LogP contribution in [0.2, 0.25) is 0 Å². The molecule has 14 heavy (non-hydrogen) atoms. The summed E-state index contributed by atoms with van der Waals surface area (Å²) in [6.45, 7) is 1.33. The second-order valence-corrected chi connectivity index (χ2v) is 3.01. The van der Waals surface area contributed by atoms with Crippen LogP contribution < -0.4 is 9.47 Å². The summed E-state index contributed by atoms with van der Waals surface area (Å²) in [6.07, 6.45) is 0.241. The second-order valence-electron chi connectivity index (χ2n) is 3.01. The Morgan fingerprint density at radius 1 is 1.50 bits per heavy atom. The first-order chi connectivity index (χ1) is 6.65. The molecule has 0 fully saturated rings. The van der Waals surface area contributed by atoms with Gasteiger partial charge < -0.3 is 9.47 Å². The molecule has 0 unspecified atom stereocenters. The standard InChI is InChI=1S/C10H8O4/c1-6(11)13-8-2-3-9-7(4-8)5-10(12)14-9/h2-4H,5H2,1H3. The zero-order chi connectivity index (χ0) is 10.1. The molecular weight excluding hydrogens is 184 g/mol. The van der Waals surface area contributed by atoms with E-state index in [0.717, 1.165) is 5.56 Å². The maximum Gasteiger partial charge on any atom is 0.315 e. The van der Waals surface area contributed by atoms with Gasteiger partial charge in [0, 0.05) is 12.5 Å². The van der Waals surface area contributed by atoms with E-state index < -0.39 is 0 Å². The molecule has 0 spiro atoms. The van der Waals surface area contributed by atoms with E-state index in [4.69, 9.17) is 9.47 Å². The Hall–Kier alpha value is -1.84. The summed E-state index contributed by atoms with van der Waals surface area (Å²) in [5.74, 6) is 0.329. The summed E-state index contributed by atoms with van der Waals surface area (Å²) >= 11 is 0. The molecule has 4 nitrogen and oxygen atoms in total. The molecule has 0 aromatic heterocycles. The van der Waals surface area contributed by atoms with Crippen molar-refractivity contribution in [2.45, 2.75) is 13.3 Å². The number of ether oxygens (including phenoxy) is 2. The van der Waals surface area contributed by atoms with Gasteiger partial charge in [0.25, 0.3) is 0 Å². The molecular formula is C10H8O4. The van der Waals surface area contributed by atoms with Crippen LogP contribution in [0.1, 0.15) is 12.5 Å². The Morgan fingerprint density at radius 3 is 3.00 bits per heavy atom. The fraction of sp³-hybridized carbons (Fsp3) is 0.200. The fourth-order valence-electron chi connectivity index (χ4n) is 1.34. The van der Waals surface area contributed by atoms with E-state index in [1.165, 1.54) is 6.92 Å². The van der Waals surface area contributed by atoms with Crippen LogP contribution >= 0.6 is 0 Å². The molecule has 1 aromatic rings. The summed E-state index contributed by atoms with van der Waals surface area (Å²) in [5.41, 5.74) is 0.758. The van der Waals surface area contributed by atoms with Gasteiger partial charge in [-0.1, -0.05) is 0 Å². The molecule has 0 bridgehead atoms. The summed E-state index contributed by atoms with van der Waals surface area (Å²) in [7, 11) is 0. The molecule has 0 aliphatic carbocycles. The minimum absolute atomic E-state index is 0.241. The summed E-state index contributed by atoms with van der Waals surface area (Å²) < 4.78 is 9.76. The van der Waals surface area contributed by atoms with E-state index in [1.807, 2.05) is 0 Å². The first kappa shape index (κ1) is 8.74. The van der Waals surface area contributed by atoms with E-state index in [9.17, 15) is 9.59 Å². The molecule has 1 aromatic carbocycles. The topological polar surface area (TPSA) is 52.6 Å². The average Bonchev–Trinajstić information content (AvgIpc) is 2.42. The van der Waals surface area contributed by atoms with E-state index in [2.05, 4.69) is 0 Å². The van der Waals surface area contributed by atoms with Crippen molar-refractivity contribution in [1.82, 2.24) is 0 Å². The number of esters is 2. The third-order valence-electron chi connectivity index (χ3n) is 1.85. The molecule has 0 radical (unpaired) electrons. The highest BCUT2D eigenvalue weighted by atomic mass is 16.5. The smallest absolute Gasteiger partial charge is 0.315 e. The van der Waals surface area contributed by atoms with Gasteiger partial charge in [-0.2, -0.15) is 0 Å². The van der Waals surface area contributed by atoms with Crippen molar-refractivity contribution in [3.05, 3.63) is 23.8 Å². The number of rotatable bonds is 1. The van der Waals surface area contributed by atoms with Crippen LogP contribution in [-0.2, 0) is 16.0 Å². The van der Waals surface area contributed by atoms with Crippen LogP contribution in [0.4, 0.5) is 0 Å².